The van der Waals surface area contributed by atoms with E-state index >= 15 is 0 Å². The summed E-state index contributed by atoms with van der Waals surface area (Å²) in [7, 11) is 1.02. The number of alkyl halides is 6. The van der Waals surface area contributed by atoms with Gasteiger partial charge in [0.15, 0.2) is 0 Å². The average molecular weight is 454 g/mol. The quantitative estimate of drug-likeness (QED) is 0.518. The number of ether oxygens (including phenoxy) is 1. The fourth-order valence-electron chi connectivity index (χ4n) is 2.56. The zero-order chi connectivity index (χ0) is 22.7. The zero-order valence-electron chi connectivity index (χ0n) is 15.2. The Kier molecular flexibility index (Phi) is 7.02. The molecule has 0 aliphatic rings. The molecule has 2 rings (SSSR count). The summed E-state index contributed by atoms with van der Waals surface area (Å²) < 4.78 is 82.5. The molecule has 0 radical (unpaired) electrons. The van der Waals surface area contributed by atoms with Crippen LogP contribution in [0.5, 0.6) is 0 Å². The van der Waals surface area contributed by atoms with Gasteiger partial charge in [-0.15, -0.1) is 0 Å². The molecular weight excluding hydrogens is 440 g/mol. The second-order valence-corrected chi connectivity index (χ2v) is 6.61. The highest BCUT2D eigenvalue weighted by molar-refractivity contribution is 6.30. The van der Waals surface area contributed by atoms with Gasteiger partial charge < -0.3 is 10.1 Å². The maximum atomic E-state index is 13.0. The first kappa shape index (κ1) is 23.5. The fourth-order valence-corrected chi connectivity index (χ4v) is 2.78. The topological polar surface area (TPSA) is 55.4 Å². The van der Waals surface area contributed by atoms with E-state index in [1.165, 1.54) is 6.07 Å². The maximum absolute atomic E-state index is 13.0. The number of rotatable bonds is 5. The molecule has 0 saturated carbocycles. The van der Waals surface area contributed by atoms with Crippen LogP contribution in [0, 0.1) is 0 Å². The van der Waals surface area contributed by atoms with Gasteiger partial charge in [-0.25, -0.2) is 4.79 Å². The Morgan fingerprint density at radius 1 is 1.00 bits per heavy atom. The average Bonchev–Trinajstić information content (AvgIpc) is 2.65. The predicted octanol–water partition coefficient (Wildman–Crippen LogP) is 4.89. The first-order chi connectivity index (χ1) is 13.8. The van der Waals surface area contributed by atoms with Crippen LogP contribution < -0.4 is 5.32 Å². The molecule has 4 nitrogen and oxygen atoms in total. The Morgan fingerprint density at radius 2 is 1.57 bits per heavy atom. The number of carbonyl (C=O) groups excluding carboxylic acids is 2. The molecule has 0 bridgehead atoms. The van der Waals surface area contributed by atoms with Crippen LogP contribution in [0.3, 0.4) is 0 Å². The predicted molar refractivity (Wildman–Crippen MR) is 94.9 cm³/mol. The van der Waals surface area contributed by atoms with Crippen LogP contribution >= 0.6 is 11.6 Å². The van der Waals surface area contributed by atoms with Crippen molar-refractivity contribution in [2.45, 2.75) is 24.8 Å². The molecule has 0 aliphatic carbocycles. The monoisotopic (exact) mass is 453 g/mol. The Balaban J connectivity index is 2.37. The normalized spacial score (nSPS) is 12.9. The largest absolute Gasteiger partial charge is 0.467 e. The lowest BCUT2D eigenvalue weighted by atomic mass is 10.0. The van der Waals surface area contributed by atoms with Gasteiger partial charge in [-0.2, -0.15) is 26.3 Å². The lowest BCUT2D eigenvalue weighted by Crippen LogP contribution is -2.43. The van der Waals surface area contributed by atoms with Crippen molar-refractivity contribution < 1.29 is 40.7 Å². The number of halogens is 7. The molecule has 30 heavy (non-hydrogen) atoms. The third-order valence-corrected chi connectivity index (χ3v) is 4.20. The van der Waals surface area contributed by atoms with Crippen molar-refractivity contribution in [2.24, 2.45) is 0 Å². The molecule has 0 unspecified atom stereocenters. The number of methoxy groups -OCH3 is 1. The van der Waals surface area contributed by atoms with Crippen LogP contribution in [0.1, 0.15) is 27.0 Å². The van der Waals surface area contributed by atoms with E-state index in [0.717, 1.165) is 7.11 Å². The molecule has 1 N–H and O–H groups in total. The lowest BCUT2D eigenvalue weighted by Gasteiger charge is -2.18. The molecule has 0 spiro atoms. The standard InChI is InChI=1S/C19H14ClF6NO3/c1-30-17(29)15(6-10-3-2-4-14(20)5-10)27-16(28)11-7-12(18(21,22)23)9-13(8-11)19(24,25)26/h2-5,7-9,15H,6H2,1H3,(H,27,28)/t15-/m0/s1. The Labute approximate surface area is 171 Å². The van der Waals surface area contributed by atoms with Crippen LogP contribution in [-0.4, -0.2) is 25.0 Å². The first-order valence-corrected chi connectivity index (χ1v) is 8.61. The van der Waals surface area contributed by atoms with E-state index < -0.39 is 47.0 Å². The molecule has 2 aromatic carbocycles. The van der Waals surface area contributed by atoms with Crippen LogP contribution in [0.4, 0.5) is 26.3 Å². The molecule has 0 aliphatic heterocycles. The smallest absolute Gasteiger partial charge is 0.416 e. The van der Waals surface area contributed by atoms with Crippen molar-refractivity contribution in [3.63, 3.8) is 0 Å². The van der Waals surface area contributed by atoms with Gasteiger partial charge in [0.1, 0.15) is 6.04 Å². The van der Waals surface area contributed by atoms with Crippen molar-refractivity contribution in [2.75, 3.05) is 7.11 Å². The van der Waals surface area contributed by atoms with Crippen LogP contribution in [0.25, 0.3) is 0 Å². The molecule has 1 amide bonds. The summed E-state index contributed by atoms with van der Waals surface area (Å²) in [5.74, 6) is -2.24. The third kappa shape index (κ3) is 6.12. The number of hydrogen-bond donors (Lipinski definition) is 1. The van der Waals surface area contributed by atoms with E-state index in [2.05, 4.69) is 10.1 Å². The van der Waals surface area contributed by atoms with E-state index in [4.69, 9.17) is 11.6 Å². The second kappa shape index (κ2) is 8.95. The van der Waals surface area contributed by atoms with Gasteiger partial charge in [-0.05, 0) is 35.9 Å². The van der Waals surface area contributed by atoms with E-state index in [9.17, 15) is 35.9 Å². The fraction of sp³-hybridized carbons (Fsp3) is 0.263. The van der Waals surface area contributed by atoms with E-state index in [-0.39, 0.29) is 24.6 Å². The molecule has 11 heteroatoms. The van der Waals surface area contributed by atoms with Gasteiger partial charge in [-0.3, -0.25) is 4.79 Å². The van der Waals surface area contributed by atoms with E-state index in [1.807, 2.05) is 0 Å². The molecule has 0 saturated heterocycles. The van der Waals surface area contributed by atoms with Gasteiger partial charge in [0, 0.05) is 17.0 Å². The number of nitrogens with one attached hydrogen (secondary N) is 1. The highest BCUT2D eigenvalue weighted by Crippen LogP contribution is 2.36. The number of benzene rings is 2. The summed E-state index contributed by atoms with van der Waals surface area (Å²) in [6.45, 7) is 0. The highest BCUT2D eigenvalue weighted by atomic mass is 35.5. The minimum absolute atomic E-state index is 0.0967. The summed E-state index contributed by atoms with van der Waals surface area (Å²) in [4.78, 5) is 24.4. The molecule has 0 aromatic heterocycles. The van der Waals surface area contributed by atoms with Crippen molar-refractivity contribution in [1.82, 2.24) is 5.32 Å². The minimum atomic E-state index is -5.11. The molecule has 0 fully saturated rings. The van der Waals surface area contributed by atoms with Crippen molar-refractivity contribution in [3.05, 3.63) is 69.7 Å². The van der Waals surface area contributed by atoms with Crippen molar-refractivity contribution in [1.29, 1.82) is 0 Å². The van der Waals surface area contributed by atoms with Crippen LogP contribution in [-0.2, 0) is 28.3 Å². The van der Waals surface area contributed by atoms with Crippen LogP contribution in [0.15, 0.2) is 42.5 Å². The lowest BCUT2D eigenvalue weighted by molar-refractivity contribution is -0.144. The Hall–Kier alpha value is -2.75. The van der Waals surface area contributed by atoms with Crippen LogP contribution in [0.2, 0.25) is 5.02 Å². The summed E-state index contributed by atoms with van der Waals surface area (Å²) in [5.41, 5.74) is -3.71. The third-order valence-electron chi connectivity index (χ3n) is 3.97. The van der Waals surface area contributed by atoms with Crippen molar-refractivity contribution >= 4 is 23.5 Å². The van der Waals surface area contributed by atoms with E-state index in [0.29, 0.717) is 10.6 Å². The zero-order valence-corrected chi connectivity index (χ0v) is 16.0. The summed E-state index contributed by atoms with van der Waals surface area (Å²) >= 11 is 5.85. The van der Waals surface area contributed by atoms with Gasteiger partial charge in [0.05, 0.1) is 18.2 Å². The number of hydrogen-bond acceptors (Lipinski definition) is 3. The molecule has 162 valence electrons. The van der Waals surface area contributed by atoms with Crippen molar-refractivity contribution in [3.8, 4) is 0 Å². The van der Waals surface area contributed by atoms with E-state index in [1.54, 1.807) is 18.2 Å². The van der Waals surface area contributed by atoms with Gasteiger partial charge in [-0.1, -0.05) is 23.7 Å². The van der Waals surface area contributed by atoms with Gasteiger partial charge >= 0.3 is 18.3 Å². The Morgan fingerprint density at radius 3 is 2.03 bits per heavy atom. The molecule has 1 atom stereocenters. The number of carbonyl (C=O) groups is 2. The summed E-state index contributed by atoms with van der Waals surface area (Å²) in [6, 6.07) is 5.26. The minimum Gasteiger partial charge on any atom is -0.467 e. The SMILES string of the molecule is COC(=O)[C@H](Cc1cccc(Cl)c1)NC(=O)c1cc(C(F)(F)F)cc(C(F)(F)F)c1. The highest BCUT2D eigenvalue weighted by Gasteiger charge is 2.37. The first-order valence-electron chi connectivity index (χ1n) is 8.24. The summed E-state index contributed by atoms with van der Waals surface area (Å²) in [6.07, 6.45) is -10.4. The number of amides is 1. The maximum Gasteiger partial charge on any atom is 0.416 e. The molecular formula is C19H14ClF6NO3. The van der Waals surface area contributed by atoms with Gasteiger partial charge in [0.25, 0.3) is 5.91 Å². The molecule has 2 aromatic rings. The Bertz CT molecular complexity index is 910. The molecule has 0 heterocycles. The van der Waals surface area contributed by atoms with Gasteiger partial charge in [0.2, 0.25) is 0 Å². The number of esters is 1. The second-order valence-electron chi connectivity index (χ2n) is 6.18. The summed E-state index contributed by atoms with van der Waals surface area (Å²) in [5, 5.41) is 2.45.